The number of hydrogen-bond acceptors (Lipinski definition) is 4. The second-order valence-electron chi connectivity index (χ2n) is 15.5. The fourth-order valence-electron chi connectivity index (χ4n) is 9.40. The summed E-state index contributed by atoms with van der Waals surface area (Å²) in [5.41, 5.74) is 17.4. The average Bonchev–Trinajstić information content (AvgIpc) is 3.31. The molecule has 3 heterocycles. The van der Waals surface area contributed by atoms with Gasteiger partial charge in [0.1, 0.15) is 6.33 Å². The van der Waals surface area contributed by atoms with Gasteiger partial charge in [-0.05, 0) is 115 Å². The molecular formula is C54H35BN4. The zero-order chi connectivity index (χ0) is 38.9. The van der Waals surface area contributed by atoms with Gasteiger partial charge in [-0.1, -0.05) is 146 Å². The van der Waals surface area contributed by atoms with Gasteiger partial charge in [0.2, 0.25) is 0 Å². The Morgan fingerprint density at radius 2 is 0.780 bits per heavy atom. The van der Waals surface area contributed by atoms with Gasteiger partial charge in [-0.25, -0.2) is 9.97 Å². The first-order chi connectivity index (χ1) is 29.2. The molecule has 2 aliphatic rings. The molecule has 0 aliphatic carbocycles. The molecule has 0 fully saturated rings. The number of aromatic nitrogens is 2. The highest BCUT2D eigenvalue weighted by atomic mass is 15.2. The molecule has 0 amide bonds. The van der Waals surface area contributed by atoms with Crippen molar-refractivity contribution in [1.82, 2.24) is 9.97 Å². The minimum atomic E-state index is -0.0293. The standard InChI is InChI=1S/C54H35BN4/c1-3-11-36(12-4-1)38-19-23-45(24-20-38)58-50-31-42-17-9-7-15-40(42)29-47(50)55-48-30-41-16-8-10-18-43(41)32-51(48)59(46-25-21-39(22-26-46)37-13-5-2-6-14-37)53-34-44(33-52(58)54(53)55)49-27-28-56-35-57-49/h1-35H. The van der Waals surface area contributed by atoms with Gasteiger partial charge in [-0.15, -0.1) is 0 Å². The van der Waals surface area contributed by atoms with Crippen molar-refractivity contribution in [3.63, 3.8) is 0 Å². The summed E-state index contributed by atoms with van der Waals surface area (Å²) in [7, 11) is 0. The zero-order valence-corrected chi connectivity index (χ0v) is 32.1. The molecule has 0 bridgehead atoms. The fraction of sp³-hybridized carbons (Fsp3) is 0. The molecule has 0 saturated carbocycles. The van der Waals surface area contributed by atoms with E-state index in [1.807, 2.05) is 12.3 Å². The molecule has 0 N–H and O–H groups in total. The Bertz CT molecular complexity index is 3010. The number of nitrogens with zero attached hydrogens (tertiary/aromatic N) is 4. The Labute approximate surface area is 343 Å². The molecule has 0 saturated heterocycles. The minimum absolute atomic E-state index is 0.0293. The molecule has 274 valence electrons. The molecule has 5 heteroatoms. The van der Waals surface area contributed by atoms with Gasteiger partial charge in [0, 0.05) is 45.9 Å². The third kappa shape index (κ3) is 5.47. The largest absolute Gasteiger partial charge is 0.311 e. The highest BCUT2D eigenvalue weighted by Crippen LogP contribution is 2.47. The maximum atomic E-state index is 4.82. The van der Waals surface area contributed by atoms with E-state index < -0.39 is 0 Å². The zero-order valence-electron chi connectivity index (χ0n) is 32.1. The maximum Gasteiger partial charge on any atom is 0.252 e. The van der Waals surface area contributed by atoms with E-state index in [9.17, 15) is 0 Å². The SMILES string of the molecule is c1ccc(-c2ccc(N3c4cc5ccccc5cc4B4c5cc6ccccc6cc5N(c5ccc(-c6ccccc6)cc5)c5cc(-c6ccncn6)cc3c54)cc2)cc1. The Hall–Kier alpha value is -7.76. The van der Waals surface area contributed by atoms with Crippen molar-refractivity contribution in [1.29, 1.82) is 0 Å². The quantitative estimate of drug-likeness (QED) is 0.164. The van der Waals surface area contributed by atoms with Crippen LogP contribution >= 0.6 is 0 Å². The molecule has 0 atom stereocenters. The molecule has 1 aromatic heterocycles. The van der Waals surface area contributed by atoms with Crippen molar-refractivity contribution < 1.29 is 0 Å². The fourth-order valence-corrected chi connectivity index (χ4v) is 9.40. The van der Waals surface area contributed by atoms with Crippen LogP contribution in [-0.4, -0.2) is 16.7 Å². The van der Waals surface area contributed by atoms with Gasteiger partial charge in [0.05, 0.1) is 5.69 Å². The monoisotopic (exact) mass is 750 g/mol. The average molecular weight is 751 g/mol. The van der Waals surface area contributed by atoms with Gasteiger partial charge in [0.15, 0.2) is 0 Å². The predicted molar refractivity (Wildman–Crippen MR) is 247 cm³/mol. The van der Waals surface area contributed by atoms with Crippen molar-refractivity contribution in [3.8, 4) is 33.5 Å². The van der Waals surface area contributed by atoms with Crippen LogP contribution in [0.2, 0.25) is 0 Å². The van der Waals surface area contributed by atoms with Crippen LogP contribution in [0, 0.1) is 0 Å². The molecular weight excluding hydrogens is 715 g/mol. The van der Waals surface area contributed by atoms with E-state index in [0.717, 1.165) is 34.0 Å². The lowest BCUT2D eigenvalue weighted by Crippen LogP contribution is -2.61. The summed E-state index contributed by atoms with van der Waals surface area (Å²) in [6, 6.07) is 73.2. The topological polar surface area (TPSA) is 32.3 Å². The number of benzene rings is 9. The second-order valence-corrected chi connectivity index (χ2v) is 15.5. The molecule has 2 aliphatic heterocycles. The van der Waals surface area contributed by atoms with E-state index in [2.05, 4.69) is 209 Å². The summed E-state index contributed by atoms with van der Waals surface area (Å²) >= 11 is 0. The van der Waals surface area contributed by atoms with Crippen molar-refractivity contribution in [2.24, 2.45) is 0 Å². The van der Waals surface area contributed by atoms with Crippen LogP contribution in [0.5, 0.6) is 0 Å². The maximum absolute atomic E-state index is 4.82. The van der Waals surface area contributed by atoms with E-state index in [1.54, 1.807) is 6.33 Å². The number of hydrogen-bond donors (Lipinski definition) is 0. The summed E-state index contributed by atoms with van der Waals surface area (Å²) in [5.74, 6) is 0. The van der Waals surface area contributed by atoms with E-state index >= 15 is 0 Å². The summed E-state index contributed by atoms with van der Waals surface area (Å²) < 4.78 is 0. The van der Waals surface area contributed by atoms with Crippen LogP contribution < -0.4 is 26.2 Å². The number of rotatable bonds is 5. The van der Waals surface area contributed by atoms with Crippen LogP contribution in [0.4, 0.5) is 34.1 Å². The van der Waals surface area contributed by atoms with Crippen LogP contribution in [-0.2, 0) is 0 Å². The van der Waals surface area contributed by atoms with E-state index in [0.29, 0.717) is 0 Å². The van der Waals surface area contributed by atoms with Crippen molar-refractivity contribution in [2.75, 3.05) is 9.80 Å². The smallest absolute Gasteiger partial charge is 0.252 e. The summed E-state index contributed by atoms with van der Waals surface area (Å²) in [4.78, 5) is 14.1. The second kappa shape index (κ2) is 13.4. The molecule has 9 aromatic carbocycles. The van der Waals surface area contributed by atoms with Crippen molar-refractivity contribution in [2.45, 2.75) is 0 Å². The molecule has 4 nitrogen and oxygen atoms in total. The third-order valence-corrected chi connectivity index (χ3v) is 12.1. The Kier molecular flexibility index (Phi) is 7.60. The Morgan fingerprint density at radius 3 is 1.22 bits per heavy atom. The van der Waals surface area contributed by atoms with Gasteiger partial charge in [0.25, 0.3) is 6.71 Å². The van der Waals surface area contributed by atoms with Gasteiger partial charge < -0.3 is 9.80 Å². The van der Waals surface area contributed by atoms with E-state index in [1.165, 1.54) is 71.6 Å². The van der Waals surface area contributed by atoms with E-state index in [-0.39, 0.29) is 6.71 Å². The molecule has 12 rings (SSSR count). The van der Waals surface area contributed by atoms with Crippen molar-refractivity contribution in [3.05, 3.63) is 213 Å². The van der Waals surface area contributed by atoms with E-state index in [4.69, 9.17) is 4.98 Å². The van der Waals surface area contributed by atoms with Crippen LogP contribution in [0.15, 0.2) is 213 Å². The Balaban J connectivity index is 1.17. The highest BCUT2D eigenvalue weighted by Gasteiger charge is 2.44. The first-order valence-corrected chi connectivity index (χ1v) is 20.2. The molecule has 59 heavy (non-hydrogen) atoms. The first-order valence-electron chi connectivity index (χ1n) is 20.2. The third-order valence-electron chi connectivity index (χ3n) is 12.1. The van der Waals surface area contributed by atoms with Gasteiger partial charge in [-0.2, -0.15) is 0 Å². The van der Waals surface area contributed by atoms with Gasteiger partial charge >= 0.3 is 0 Å². The van der Waals surface area contributed by atoms with Crippen LogP contribution in [0.3, 0.4) is 0 Å². The number of fused-ring (bicyclic) bond motifs is 6. The first kappa shape index (κ1) is 33.4. The molecule has 0 unspecified atom stereocenters. The molecule has 10 aromatic rings. The Morgan fingerprint density at radius 1 is 0.356 bits per heavy atom. The lowest BCUT2D eigenvalue weighted by atomic mass is 9.33. The molecule has 0 spiro atoms. The summed E-state index contributed by atoms with van der Waals surface area (Å²) in [6.45, 7) is -0.0293. The molecule has 0 radical (unpaired) electrons. The minimum Gasteiger partial charge on any atom is -0.311 e. The highest BCUT2D eigenvalue weighted by molar-refractivity contribution is 7.00. The van der Waals surface area contributed by atoms with Crippen molar-refractivity contribution >= 4 is 78.8 Å². The number of anilines is 6. The summed E-state index contributed by atoms with van der Waals surface area (Å²) in [5, 5.41) is 4.88. The van der Waals surface area contributed by atoms with Gasteiger partial charge in [-0.3, -0.25) is 0 Å². The predicted octanol–water partition coefficient (Wildman–Crippen LogP) is 11.9. The van der Waals surface area contributed by atoms with Crippen LogP contribution in [0.1, 0.15) is 0 Å². The lowest BCUT2D eigenvalue weighted by Gasteiger charge is -2.44. The van der Waals surface area contributed by atoms with Crippen LogP contribution in [0.25, 0.3) is 55.1 Å². The summed E-state index contributed by atoms with van der Waals surface area (Å²) in [6.07, 6.45) is 3.48. The lowest BCUT2D eigenvalue weighted by molar-refractivity contribution is 1.17. The normalized spacial score (nSPS) is 12.6.